The van der Waals surface area contributed by atoms with Gasteiger partial charge < -0.3 is 9.84 Å². The molecule has 1 N–H and O–H groups in total. The van der Waals surface area contributed by atoms with Gasteiger partial charge in [0.2, 0.25) is 0 Å². The zero-order valence-corrected chi connectivity index (χ0v) is 11.5. The van der Waals surface area contributed by atoms with E-state index in [1.165, 1.54) is 4.90 Å². The lowest BCUT2D eigenvalue weighted by molar-refractivity contribution is -0.144. The fourth-order valence-electron chi connectivity index (χ4n) is 2.41. The second-order valence-electron chi connectivity index (χ2n) is 5.23. The maximum atomic E-state index is 12.1. The Bertz CT molecular complexity index is 474. The molecule has 0 saturated carbocycles. The number of rotatable bonds is 3. The molecule has 1 fully saturated rings. The number of ether oxygens (including phenoxy) is 1. The highest BCUT2D eigenvalue weighted by molar-refractivity contribution is 5.80. The van der Waals surface area contributed by atoms with Gasteiger partial charge in [0.05, 0.1) is 0 Å². The van der Waals surface area contributed by atoms with E-state index >= 15 is 0 Å². The second-order valence-corrected chi connectivity index (χ2v) is 5.23. The van der Waals surface area contributed by atoms with Gasteiger partial charge in [-0.15, -0.1) is 0 Å². The summed E-state index contributed by atoms with van der Waals surface area (Å²) in [6, 6.07) is 8.58. The average molecular weight is 277 g/mol. The lowest BCUT2D eigenvalue weighted by Gasteiger charge is -2.35. The maximum Gasteiger partial charge on any atom is 0.410 e. The highest BCUT2D eigenvalue weighted by atomic mass is 16.6. The van der Waals surface area contributed by atoms with E-state index < -0.39 is 18.1 Å². The molecule has 2 rings (SSSR count). The summed E-state index contributed by atoms with van der Waals surface area (Å²) in [4.78, 5) is 24.6. The molecule has 0 bridgehead atoms. The van der Waals surface area contributed by atoms with Gasteiger partial charge in [-0.1, -0.05) is 37.3 Å². The molecule has 5 nitrogen and oxygen atoms in total. The Hall–Kier alpha value is -2.04. The maximum absolute atomic E-state index is 12.1. The molecule has 1 aromatic rings. The number of aliphatic carboxylic acids is 1. The van der Waals surface area contributed by atoms with Crippen LogP contribution < -0.4 is 0 Å². The molecule has 2 atom stereocenters. The first-order valence-electron chi connectivity index (χ1n) is 6.78. The summed E-state index contributed by atoms with van der Waals surface area (Å²) in [5, 5.41) is 9.18. The van der Waals surface area contributed by atoms with Crippen molar-refractivity contribution in [2.75, 3.05) is 6.54 Å². The summed E-state index contributed by atoms with van der Waals surface area (Å²) >= 11 is 0. The third kappa shape index (κ3) is 3.50. The summed E-state index contributed by atoms with van der Waals surface area (Å²) in [5.74, 6) is -0.663. The van der Waals surface area contributed by atoms with Gasteiger partial charge in [-0.05, 0) is 24.3 Å². The number of nitrogens with zero attached hydrogens (tertiary/aromatic N) is 1. The highest BCUT2D eigenvalue weighted by Gasteiger charge is 2.35. The van der Waals surface area contributed by atoms with E-state index in [9.17, 15) is 14.7 Å². The van der Waals surface area contributed by atoms with Crippen molar-refractivity contribution >= 4 is 12.1 Å². The molecule has 0 unspecified atom stereocenters. The van der Waals surface area contributed by atoms with Gasteiger partial charge >= 0.3 is 12.1 Å². The Kier molecular flexibility index (Phi) is 4.61. The number of carboxylic acids is 1. The fourth-order valence-corrected chi connectivity index (χ4v) is 2.41. The average Bonchev–Trinajstić information content (AvgIpc) is 2.45. The number of benzene rings is 1. The van der Waals surface area contributed by atoms with Gasteiger partial charge in [0.1, 0.15) is 12.6 Å². The van der Waals surface area contributed by atoms with Gasteiger partial charge in [-0.25, -0.2) is 9.59 Å². The summed E-state index contributed by atoms with van der Waals surface area (Å²) in [6.45, 7) is 2.61. The molecular formula is C15H19NO4. The largest absolute Gasteiger partial charge is 0.480 e. The van der Waals surface area contributed by atoms with Crippen LogP contribution in [0.3, 0.4) is 0 Å². The van der Waals surface area contributed by atoms with Crippen LogP contribution in [0.2, 0.25) is 0 Å². The Morgan fingerprint density at radius 1 is 1.30 bits per heavy atom. The van der Waals surface area contributed by atoms with Crippen molar-refractivity contribution in [3.8, 4) is 0 Å². The van der Waals surface area contributed by atoms with Gasteiger partial charge in [-0.2, -0.15) is 0 Å². The molecule has 1 aliphatic rings. The van der Waals surface area contributed by atoms with Crippen LogP contribution in [0.25, 0.3) is 0 Å². The number of amides is 1. The quantitative estimate of drug-likeness (QED) is 0.921. The molecular weight excluding hydrogens is 258 g/mol. The topological polar surface area (TPSA) is 66.8 Å². The molecule has 0 spiro atoms. The smallest absolute Gasteiger partial charge is 0.410 e. The minimum Gasteiger partial charge on any atom is -0.480 e. The molecule has 0 aromatic heterocycles. The predicted octanol–water partition coefficient (Wildman–Crippen LogP) is 2.51. The Labute approximate surface area is 118 Å². The fraction of sp³-hybridized carbons (Fsp3) is 0.467. The minimum absolute atomic E-state index is 0.164. The molecule has 1 amide bonds. The van der Waals surface area contributed by atoms with Gasteiger partial charge in [0, 0.05) is 6.54 Å². The lowest BCUT2D eigenvalue weighted by atomic mass is 9.95. The molecule has 1 heterocycles. The highest BCUT2D eigenvalue weighted by Crippen LogP contribution is 2.23. The zero-order valence-electron chi connectivity index (χ0n) is 11.5. The molecule has 108 valence electrons. The SMILES string of the molecule is C[C@@H]1CC[C@H](C(=O)O)N(C(=O)OCc2ccccc2)C1. The zero-order chi connectivity index (χ0) is 14.5. The molecule has 0 aliphatic carbocycles. The van der Waals surface area contributed by atoms with E-state index in [1.807, 2.05) is 37.3 Å². The Morgan fingerprint density at radius 2 is 2.00 bits per heavy atom. The van der Waals surface area contributed by atoms with Gasteiger partial charge in [0.25, 0.3) is 0 Å². The minimum atomic E-state index is -0.964. The molecule has 1 saturated heterocycles. The molecule has 1 aromatic carbocycles. The Morgan fingerprint density at radius 3 is 2.65 bits per heavy atom. The van der Waals surface area contributed by atoms with E-state index in [0.29, 0.717) is 18.9 Å². The van der Waals surface area contributed by atoms with Gasteiger partial charge in [-0.3, -0.25) is 4.90 Å². The molecule has 5 heteroatoms. The van der Waals surface area contributed by atoms with Crippen LogP contribution in [0, 0.1) is 5.92 Å². The number of piperidine rings is 1. The third-order valence-corrected chi connectivity index (χ3v) is 3.54. The third-order valence-electron chi connectivity index (χ3n) is 3.54. The van der Waals surface area contributed by atoms with Gasteiger partial charge in [0.15, 0.2) is 0 Å². The van der Waals surface area contributed by atoms with E-state index in [2.05, 4.69) is 0 Å². The Balaban J connectivity index is 1.97. The first-order chi connectivity index (χ1) is 9.58. The summed E-state index contributed by atoms with van der Waals surface area (Å²) in [6.07, 6.45) is 0.754. The van der Waals surface area contributed by atoms with E-state index in [-0.39, 0.29) is 6.61 Å². The predicted molar refractivity (Wildman–Crippen MR) is 73.2 cm³/mol. The van der Waals surface area contributed by atoms with E-state index in [4.69, 9.17) is 4.74 Å². The lowest BCUT2D eigenvalue weighted by Crippen LogP contribution is -2.50. The normalized spacial score (nSPS) is 22.4. The molecule has 0 radical (unpaired) electrons. The number of carbonyl (C=O) groups is 2. The number of carbonyl (C=O) groups excluding carboxylic acids is 1. The second kappa shape index (κ2) is 6.41. The van der Waals surface area contributed by atoms with Crippen LogP contribution in [-0.4, -0.2) is 34.7 Å². The van der Waals surface area contributed by atoms with Crippen molar-refractivity contribution in [1.29, 1.82) is 0 Å². The van der Waals surface area contributed by atoms with E-state index in [0.717, 1.165) is 12.0 Å². The van der Waals surface area contributed by atoms with Crippen molar-refractivity contribution in [3.63, 3.8) is 0 Å². The number of carboxylic acid groups (broad SMARTS) is 1. The molecule has 20 heavy (non-hydrogen) atoms. The number of hydrogen-bond acceptors (Lipinski definition) is 3. The summed E-state index contributed by atoms with van der Waals surface area (Å²) in [5.41, 5.74) is 0.887. The van der Waals surface area contributed by atoms with Crippen LogP contribution in [0.4, 0.5) is 4.79 Å². The summed E-state index contributed by atoms with van der Waals surface area (Å²) < 4.78 is 5.22. The summed E-state index contributed by atoms with van der Waals surface area (Å²) in [7, 11) is 0. The van der Waals surface area contributed by atoms with Crippen molar-refractivity contribution in [3.05, 3.63) is 35.9 Å². The van der Waals surface area contributed by atoms with Crippen LogP contribution in [0.1, 0.15) is 25.3 Å². The van der Waals surface area contributed by atoms with Crippen molar-refractivity contribution in [1.82, 2.24) is 4.90 Å². The van der Waals surface area contributed by atoms with Crippen molar-refractivity contribution < 1.29 is 19.4 Å². The first kappa shape index (κ1) is 14.4. The van der Waals surface area contributed by atoms with Crippen LogP contribution in [0.15, 0.2) is 30.3 Å². The van der Waals surface area contributed by atoms with Crippen LogP contribution in [0.5, 0.6) is 0 Å². The molecule has 1 aliphatic heterocycles. The van der Waals surface area contributed by atoms with Crippen molar-refractivity contribution in [2.24, 2.45) is 5.92 Å². The number of likely N-dealkylation sites (tertiary alicyclic amines) is 1. The standard InChI is InChI=1S/C15H19NO4/c1-11-7-8-13(14(17)18)16(9-11)15(19)20-10-12-5-3-2-4-6-12/h2-6,11,13H,7-10H2,1H3,(H,17,18)/t11-,13-/m1/s1. The van der Waals surface area contributed by atoms with Crippen LogP contribution in [-0.2, 0) is 16.1 Å². The van der Waals surface area contributed by atoms with Crippen LogP contribution >= 0.6 is 0 Å². The van der Waals surface area contributed by atoms with Crippen molar-refractivity contribution in [2.45, 2.75) is 32.4 Å². The monoisotopic (exact) mass is 277 g/mol. The first-order valence-corrected chi connectivity index (χ1v) is 6.78. The number of hydrogen-bond donors (Lipinski definition) is 1. The van der Waals surface area contributed by atoms with E-state index in [1.54, 1.807) is 0 Å².